The number of hydrogen-bond acceptors (Lipinski definition) is 4. The third-order valence-electron chi connectivity index (χ3n) is 4.49. The number of ether oxygens (including phenoxy) is 1. The second kappa shape index (κ2) is 6.86. The van der Waals surface area contributed by atoms with Crippen molar-refractivity contribution >= 4 is 17.1 Å². The highest BCUT2D eigenvalue weighted by molar-refractivity contribution is 5.73. The van der Waals surface area contributed by atoms with Crippen LogP contribution in [0.1, 0.15) is 26.2 Å². The summed E-state index contributed by atoms with van der Waals surface area (Å²) in [6.45, 7) is 2.90. The number of para-hydroxylation sites is 2. The van der Waals surface area contributed by atoms with Crippen LogP contribution in [0, 0.1) is 11.8 Å². The quantitative estimate of drug-likeness (QED) is 0.628. The summed E-state index contributed by atoms with van der Waals surface area (Å²) >= 11 is 0. The van der Waals surface area contributed by atoms with Gasteiger partial charge in [0.2, 0.25) is 0 Å². The van der Waals surface area contributed by atoms with Crippen molar-refractivity contribution in [1.82, 2.24) is 4.57 Å². The zero-order chi connectivity index (χ0) is 16.2. The maximum absolute atomic E-state index is 11.9. The van der Waals surface area contributed by atoms with Crippen molar-refractivity contribution in [3.05, 3.63) is 47.0 Å². The van der Waals surface area contributed by atoms with E-state index in [0.29, 0.717) is 29.5 Å². The number of allylic oxidation sites excluding steroid dienone is 2. The van der Waals surface area contributed by atoms with Gasteiger partial charge in [0.15, 0.2) is 5.58 Å². The molecule has 0 saturated heterocycles. The van der Waals surface area contributed by atoms with E-state index in [1.807, 2.05) is 18.2 Å². The molecule has 1 heterocycles. The second-order valence-electron chi connectivity index (χ2n) is 6.10. The lowest BCUT2D eigenvalue weighted by Crippen LogP contribution is -2.23. The van der Waals surface area contributed by atoms with Gasteiger partial charge in [-0.3, -0.25) is 9.36 Å². The number of rotatable bonds is 5. The highest BCUT2D eigenvalue weighted by atomic mass is 16.5. The van der Waals surface area contributed by atoms with Crippen LogP contribution in [0.4, 0.5) is 0 Å². The summed E-state index contributed by atoms with van der Waals surface area (Å²) in [5.41, 5.74) is 1.24. The Morgan fingerprint density at radius 3 is 2.91 bits per heavy atom. The Labute approximate surface area is 134 Å². The first-order valence-electron chi connectivity index (χ1n) is 8.04. The van der Waals surface area contributed by atoms with Crippen molar-refractivity contribution < 1.29 is 13.9 Å². The van der Waals surface area contributed by atoms with Crippen LogP contribution in [0.15, 0.2) is 45.6 Å². The molecule has 0 bridgehead atoms. The molecule has 0 aliphatic heterocycles. The number of aryl methyl sites for hydroxylation is 1. The van der Waals surface area contributed by atoms with Crippen LogP contribution < -0.4 is 5.76 Å². The SMILES string of the molecule is C[C@@H]1CC=CC[C@H]1COC(=O)CCn1c(=O)oc2ccccc21. The molecule has 1 aliphatic rings. The van der Waals surface area contributed by atoms with E-state index in [1.165, 1.54) is 4.57 Å². The fraction of sp³-hybridized carbons (Fsp3) is 0.444. The molecule has 0 amide bonds. The molecule has 5 heteroatoms. The number of carbonyl (C=O) groups excluding carboxylic acids is 1. The summed E-state index contributed by atoms with van der Waals surface area (Å²) in [5.74, 6) is 0.212. The molecule has 0 saturated carbocycles. The van der Waals surface area contributed by atoms with Gasteiger partial charge in [0.05, 0.1) is 18.5 Å². The predicted octanol–water partition coefficient (Wildman–Crippen LogP) is 3.13. The van der Waals surface area contributed by atoms with E-state index in [9.17, 15) is 9.59 Å². The second-order valence-corrected chi connectivity index (χ2v) is 6.10. The summed E-state index contributed by atoms with van der Waals surface area (Å²) in [6, 6.07) is 7.19. The summed E-state index contributed by atoms with van der Waals surface area (Å²) in [4.78, 5) is 23.8. The molecule has 1 aromatic heterocycles. The number of carbonyl (C=O) groups is 1. The fourth-order valence-electron chi connectivity index (χ4n) is 2.94. The average molecular weight is 315 g/mol. The first kappa shape index (κ1) is 15.6. The molecule has 3 rings (SSSR count). The maximum Gasteiger partial charge on any atom is 0.419 e. The van der Waals surface area contributed by atoms with Gasteiger partial charge in [-0.25, -0.2) is 4.79 Å². The van der Waals surface area contributed by atoms with Crippen molar-refractivity contribution in [2.24, 2.45) is 11.8 Å². The maximum atomic E-state index is 11.9. The number of fused-ring (bicyclic) bond motifs is 1. The third kappa shape index (κ3) is 3.55. The molecular weight excluding hydrogens is 294 g/mol. The van der Waals surface area contributed by atoms with Crippen LogP contribution in [-0.2, 0) is 16.1 Å². The topological polar surface area (TPSA) is 61.4 Å². The Kier molecular flexibility index (Phi) is 4.65. The highest BCUT2D eigenvalue weighted by Crippen LogP contribution is 2.25. The monoisotopic (exact) mass is 315 g/mol. The van der Waals surface area contributed by atoms with Crippen molar-refractivity contribution in [2.75, 3.05) is 6.61 Å². The van der Waals surface area contributed by atoms with Gasteiger partial charge in [-0.1, -0.05) is 31.2 Å². The largest absolute Gasteiger partial charge is 0.465 e. The minimum atomic E-state index is -0.440. The number of benzene rings is 1. The van der Waals surface area contributed by atoms with Crippen LogP contribution >= 0.6 is 0 Å². The average Bonchev–Trinajstić information content (AvgIpc) is 2.87. The van der Waals surface area contributed by atoms with Gasteiger partial charge in [0.1, 0.15) is 0 Å². The van der Waals surface area contributed by atoms with Crippen molar-refractivity contribution in [3.63, 3.8) is 0 Å². The molecular formula is C18H21NO4. The molecule has 0 spiro atoms. The number of oxazole rings is 1. The standard InChI is InChI=1S/C18H21NO4/c1-13-6-2-3-7-14(13)12-22-17(20)10-11-19-15-8-4-5-9-16(15)23-18(19)21/h2-5,8-9,13-14H,6-7,10-12H2,1H3/t13-,14+/m1/s1. The smallest absolute Gasteiger partial charge is 0.419 e. The van der Waals surface area contributed by atoms with E-state index in [4.69, 9.17) is 9.15 Å². The lowest BCUT2D eigenvalue weighted by atomic mass is 9.85. The normalized spacial score (nSPS) is 20.7. The molecule has 0 radical (unpaired) electrons. The van der Waals surface area contributed by atoms with Crippen molar-refractivity contribution in [3.8, 4) is 0 Å². The predicted molar refractivity (Wildman–Crippen MR) is 87.1 cm³/mol. The molecule has 0 unspecified atom stereocenters. The van der Waals surface area contributed by atoms with E-state index in [2.05, 4.69) is 19.1 Å². The number of aromatic nitrogens is 1. The molecule has 0 N–H and O–H groups in total. The summed E-state index contributed by atoms with van der Waals surface area (Å²) in [5, 5.41) is 0. The molecule has 23 heavy (non-hydrogen) atoms. The Morgan fingerprint density at radius 2 is 2.09 bits per heavy atom. The van der Waals surface area contributed by atoms with Crippen LogP contribution in [0.2, 0.25) is 0 Å². The van der Waals surface area contributed by atoms with Crippen LogP contribution in [-0.4, -0.2) is 17.1 Å². The van der Waals surface area contributed by atoms with Crippen LogP contribution in [0.5, 0.6) is 0 Å². The van der Waals surface area contributed by atoms with Crippen molar-refractivity contribution in [1.29, 1.82) is 0 Å². The Morgan fingerprint density at radius 1 is 1.30 bits per heavy atom. The number of hydrogen-bond donors (Lipinski definition) is 0. The zero-order valence-electron chi connectivity index (χ0n) is 13.2. The van der Waals surface area contributed by atoms with Gasteiger partial charge in [-0.05, 0) is 36.8 Å². The summed E-state index contributed by atoms with van der Waals surface area (Å²) < 4.78 is 12.0. The van der Waals surface area contributed by atoms with E-state index in [0.717, 1.165) is 12.8 Å². The minimum Gasteiger partial charge on any atom is -0.465 e. The molecule has 1 aliphatic carbocycles. The molecule has 0 fully saturated rings. The summed E-state index contributed by atoms with van der Waals surface area (Å²) in [6.07, 6.45) is 6.49. The first-order chi connectivity index (χ1) is 11.1. The van der Waals surface area contributed by atoms with E-state index < -0.39 is 5.76 Å². The van der Waals surface area contributed by atoms with Crippen molar-refractivity contribution in [2.45, 2.75) is 32.7 Å². The molecule has 122 valence electrons. The highest BCUT2D eigenvalue weighted by Gasteiger charge is 2.20. The lowest BCUT2D eigenvalue weighted by molar-refractivity contribution is -0.145. The zero-order valence-corrected chi connectivity index (χ0v) is 13.2. The molecule has 5 nitrogen and oxygen atoms in total. The van der Waals surface area contributed by atoms with E-state index in [1.54, 1.807) is 6.07 Å². The van der Waals surface area contributed by atoms with Gasteiger partial charge in [0, 0.05) is 6.54 Å². The molecule has 2 aromatic rings. The Bertz CT molecular complexity index is 771. The third-order valence-corrected chi connectivity index (χ3v) is 4.49. The number of esters is 1. The Hall–Kier alpha value is -2.30. The van der Waals surface area contributed by atoms with Crippen LogP contribution in [0.3, 0.4) is 0 Å². The lowest BCUT2D eigenvalue weighted by Gasteiger charge is -2.24. The minimum absolute atomic E-state index is 0.167. The summed E-state index contributed by atoms with van der Waals surface area (Å²) in [7, 11) is 0. The fourth-order valence-corrected chi connectivity index (χ4v) is 2.94. The number of nitrogens with zero attached hydrogens (tertiary/aromatic N) is 1. The van der Waals surface area contributed by atoms with Gasteiger partial charge >= 0.3 is 11.7 Å². The Balaban J connectivity index is 1.55. The van der Waals surface area contributed by atoms with E-state index in [-0.39, 0.29) is 18.9 Å². The van der Waals surface area contributed by atoms with Gasteiger partial charge in [-0.15, -0.1) is 0 Å². The molecule has 1 aromatic carbocycles. The molecule has 2 atom stereocenters. The van der Waals surface area contributed by atoms with Crippen LogP contribution in [0.25, 0.3) is 11.1 Å². The van der Waals surface area contributed by atoms with Gasteiger partial charge in [0.25, 0.3) is 0 Å². The first-order valence-corrected chi connectivity index (χ1v) is 8.04. The van der Waals surface area contributed by atoms with Gasteiger partial charge < -0.3 is 9.15 Å². The van der Waals surface area contributed by atoms with E-state index >= 15 is 0 Å². The van der Waals surface area contributed by atoms with Gasteiger partial charge in [-0.2, -0.15) is 0 Å².